The second-order valence-electron chi connectivity index (χ2n) is 4.27. The lowest BCUT2D eigenvalue weighted by atomic mass is 9.98. The Morgan fingerprint density at radius 2 is 2.16 bits per heavy atom. The number of aryl methyl sites for hydroxylation is 1. The number of nitrogens with two attached hydrogens (primary N) is 1. The summed E-state index contributed by atoms with van der Waals surface area (Å²) >= 11 is 0. The van der Waals surface area contributed by atoms with Crippen molar-refractivity contribution in [2.45, 2.75) is 19.4 Å². The first-order chi connectivity index (χ1) is 9.17. The van der Waals surface area contributed by atoms with Crippen LogP contribution in [0.3, 0.4) is 0 Å². The molecule has 3 nitrogen and oxygen atoms in total. The van der Waals surface area contributed by atoms with Crippen molar-refractivity contribution in [1.29, 1.82) is 0 Å². The maximum Gasteiger partial charge on any atom is 0.132 e. The summed E-state index contributed by atoms with van der Waals surface area (Å²) < 4.78 is 19.0. The van der Waals surface area contributed by atoms with Crippen LogP contribution < -0.4 is 10.5 Å². The van der Waals surface area contributed by atoms with Gasteiger partial charge in [-0.1, -0.05) is 19.1 Å². The van der Waals surface area contributed by atoms with Gasteiger partial charge in [0.1, 0.15) is 11.6 Å². The summed E-state index contributed by atoms with van der Waals surface area (Å²) in [6.45, 7) is 2.03. The van der Waals surface area contributed by atoms with Crippen LogP contribution in [0, 0.1) is 5.82 Å². The molecule has 0 fully saturated rings. The summed E-state index contributed by atoms with van der Waals surface area (Å²) in [6.07, 6.45) is 2.49. The maximum absolute atomic E-state index is 14.0. The van der Waals surface area contributed by atoms with Crippen LogP contribution in [0.5, 0.6) is 5.75 Å². The SMILES string of the molecule is CCc1cccnc1C(N)c1ccc(OC)cc1F. The smallest absolute Gasteiger partial charge is 0.132 e. The summed E-state index contributed by atoms with van der Waals surface area (Å²) in [5.41, 5.74) is 8.32. The van der Waals surface area contributed by atoms with Gasteiger partial charge in [-0.2, -0.15) is 0 Å². The van der Waals surface area contributed by atoms with E-state index in [9.17, 15) is 4.39 Å². The van der Waals surface area contributed by atoms with Gasteiger partial charge in [0.2, 0.25) is 0 Å². The molecule has 1 unspecified atom stereocenters. The molecule has 0 saturated heterocycles. The van der Waals surface area contributed by atoms with Crippen LogP contribution in [0.4, 0.5) is 4.39 Å². The number of benzene rings is 1. The third kappa shape index (κ3) is 2.74. The molecule has 19 heavy (non-hydrogen) atoms. The van der Waals surface area contributed by atoms with Gasteiger partial charge in [0, 0.05) is 17.8 Å². The van der Waals surface area contributed by atoms with Gasteiger partial charge in [0.25, 0.3) is 0 Å². The number of rotatable bonds is 4. The van der Waals surface area contributed by atoms with E-state index < -0.39 is 6.04 Å². The minimum atomic E-state index is -0.568. The van der Waals surface area contributed by atoms with Gasteiger partial charge in [-0.25, -0.2) is 4.39 Å². The highest BCUT2D eigenvalue weighted by molar-refractivity contribution is 5.36. The molecule has 0 radical (unpaired) electrons. The molecule has 0 aliphatic heterocycles. The van der Waals surface area contributed by atoms with E-state index in [0.717, 1.165) is 12.0 Å². The minimum absolute atomic E-state index is 0.375. The molecule has 0 amide bonds. The molecule has 0 bridgehead atoms. The molecule has 1 aromatic carbocycles. The van der Waals surface area contributed by atoms with Crippen LogP contribution in [-0.4, -0.2) is 12.1 Å². The summed E-state index contributed by atoms with van der Waals surface area (Å²) in [6, 6.07) is 7.94. The second kappa shape index (κ2) is 5.80. The molecule has 1 heterocycles. The van der Waals surface area contributed by atoms with Crippen molar-refractivity contribution in [3.05, 3.63) is 59.2 Å². The molecule has 1 atom stereocenters. The van der Waals surface area contributed by atoms with Crippen molar-refractivity contribution in [1.82, 2.24) is 4.98 Å². The molecule has 4 heteroatoms. The number of pyridine rings is 1. The van der Waals surface area contributed by atoms with Gasteiger partial charge < -0.3 is 10.5 Å². The molecular formula is C15H17FN2O. The number of hydrogen-bond acceptors (Lipinski definition) is 3. The van der Waals surface area contributed by atoms with Gasteiger partial charge in [0.05, 0.1) is 18.8 Å². The van der Waals surface area contributed by atoms with Crippen molar-refractivity contribution in [2.24, 2.45) is 5.73 Å². The van der Waals surface area contributed by atoms with E-state index in [2.05, 4.69) is 4.98 Å². The van der Waals surface area contributed by atoms with Crippen molar-refractivity contribution >= 4 is 0 Å². The molecule has 0 spiro atoms. The normalized spacial score (nSPS) is 12.2. The number of aromatic nitrogens is 1. The zero-order valence-corrected chi connectivity index (χ0v) is 11.1. The Labute approximate surface area is 112 Å². The fourth-order valence-corrected chi connectivity index (χ4v) is 2.06. The number of halogens is 1. The Bertz CT molecular complexity index is 572. The van der Waals surface area contributed by atoms with Crippen molar-refractivity contribution in [2.75, 3.05) is 7.11 Å². The average molecular weight is 260 g/mol. The summed E-state index contributed by atoms with van der Waals surface area (Å²) in [7, 11) is 1.50. The standard InChI is InChI=1S/C15H17FN2O/c1-3-10-5-4-8-18-15(10)14(17)12-7-6-11(19-2)9-13(12)16/h4-9,14H,3,17H2,1-2H3. The van der Waals surface area contributed by atoms with E-state index in [1.165, 1.54) is 13.2 Å². The van der Waals surface area contributed by atoms with Crippen LogP contribution in [0.15, 0.2) is 36.5 Å². The van der Waals surface area contributed by atoms with Gasteiger partial charge in [-0.3, -0.25) is 4.98 Å². The number of methoxy groups -OCH3 is 1. The molecule has 0 saturated carbocycles. The molecule has 1 aromatic heterocycles. The third-order valence-electron chi connectivity index (χ3n) is 3.14. The summed E-state index contributed by atoms with van der Waals surface area (Å²) in [4.78, 5) is 4.29. The predicted molar refractivity (Wildman–Crippen MR) is 72.6 cm³/mol. The average Bonchev–Trinajstić information content (AvgIpc) is 2.46. The Balaban J connectivity index is 2.41. The maximum atomic E-state index is 14.0. The van der Waals surface area contributed by atoms with Crippen LogP contribution >= 0.6 is 0 Å². The first-order valence-electron chi connectivity index (χ1n) is 6.20. The number of nitrogens with zero attached hydrogens (tertiary/aromatic N) is 1. The largest absolute Gasteiger partial charge is 0.497 e. The van der Waals surface area contributed by atoms with Crippen LogP contribution in [-0.2, 0) is 6.42 Å². The molecule has 0 aliphatic carbocycles. The highest BCUT2D eigenvalue weighted by atomic mass is 19.1. The van der Waals surface area contributed by atoms with Crippen molar-refractivity contribution < 1.29 is 9.13 Å². The Hall–Kier alpha value is -1.94. The topological polar surface area (TPSA) is 48.1 Å². The van der Waals surface area contributed by atoms with Crippen LogP contribution in [0.2, 0.25) is 0 Å². The lowest BCUT2D eigenvalue weighted by Crippen LogP contribution is -2.17. The first-order valence-corrected chi connectivity index (χ1v) is 6.20. The molecule has 2 N–H and O–H groups in total. The van der Waals surface area contributed by atoms with Crippen LogP contribution in [0.25, 0.3) is 0 Å². The van der Waals surface area contributed by atoms with E-state index in [4.69, 9.17) is 10.5 Å². The summed E-state index contributed by atoms with van der Waals surface area (Å²) in [5, 5.41) is 0. The Kier molecular flexibility index (Phi) is 4.12. The van der Waals surface area contributed by atoms with Gasteiger partial charge in [-0.15, -0.1) is 0 Å². The minimum Gasteiger partial charge on any atom is -0.497 e. The molecule has 2 aromatic rings. The highest BCUT2D eigenvalue weighted by Crippen LogP contribution is 2.26. The van der Waals surface area contributed by atoms with E-state index in [1.54, 1.807) is 18.3 Å². The Morgan fingerprint density at radius 1 is 1.37 bits per heavy atom. The zero-order chi connectivity index (χ0) is 13.8. The monoisotopic (exact) mass is 260 g/mol. The summed E-state index contributed by atoms with van der Waals surface area (Å²) in [5.74, 6) is 0.102. The third-order valence-corrected chi connectivity index (χ3v) is 3.14. The van der Waals surface area contributed by atoms with Gasteiger partial charge in [-0.05, 0) is 24.1 Å². The molecule has 100 valence electrons. The predicted octanol–water partition coefficient (Wildman–Crippen LogP) is 2.84. The van der Waals surface area contributed by atoms with E-state index in [0.29, 0.717) is 17.0 Å². The van der Waals surface area contributed by atoms with E-state index in [-0.39, 0.29) is 5.82 Å². The number of ether oxygens (including phenoxy) is 1. The van der Waals surface area contributed by atoms with Crippen molar-refractivity contribution in [3.8, 4) is 5.75 Å². The number of hydrogen-bond donors (Lipinski definition) is 1. The lowest BCUT2D eigenvalue weighted by molar-refractivity contribution is 0.410. The zero-order valence-electron chi connectivity index (χ0n) is 11.1. The highest BCUT2D eigenvalue weighted by Gasteiger charge is 2.17. The lowest BCUT2D eigenvalue weighted by Gasteiger charge is -2.16. The molecule has 2 rings (SSSR count). The quantitative estimate of drug-likeness (QED) is 0.919. The van der Waals surface area contributed by atoms with Gasteiger partial charge >= 0.3 is 0 Å². The van der Waals surface area contributed by atoms with E-state index >= 15 is 0 Å². The fraction of sp³-hybridized carbons (Fsp3) is 0.267. The molecule has 0 aliphatic rings. The Morgan fingerprint density at radius 3 is 2.79 bits per heavy atom. The van der Waals surface area contributed by atoms with Gasteiger partial charge in [0.15, 0.2) is 0 Å². The van der Waals surface area contributed by atoms with E-state index in [1.807, 2.05) is 19.1 Å². The van der Waals surface area contributed by atoms with Crippen molar-refractivity contribution in [3.63, 3.8) is 0 Å². The first kappa shape index (κ1) is 13.5. The molecular weight excluding hydrogens is 243 g/mol. The van der Waals surface area contributed by atoms with Crippen LogP contribution in [0.1, 0.15) is 29.8 Å². The second-order valence-corrected chi connectivity index (χ2v) is 4.27. The fourth-order valence-electron chi connectivity index (χ4n) is 2.06.